The lowest BCUT2D eigenvalue weighted by atomic mass is 10.1. The summed E-state index contributed by atoms with van der Waals surface area (Å²) in [4.78, 5) is 23.2. The van der Waals surface area contributed by atoms with E-state index in [9.17, 15) is 14.9 Å². The van der Waals surface area contributed by atoms with Crippen molar-refractivity contribution in [1.82, 2.24) is 0 Å². The minimum atomic E-state index is -0.834. The zero-order chi connectivity index (χ0) is 15.6. The Bertz CT molecular complexity index is 698. The number of ether oxygens (including phenoxy) is 1. The third-order valence-electron chi connectivity index (χ3n) is 2.87. The molecule has 1 aromatic heterocycles. The van der Waals surface area contributed by atoms with Crippen LogP contribution in [0.1, 0.15) is 22.2 Å². The highest BCUT2D eigenvalue weighted by molar-refractivity contribution is 7.18. The molecule has 2 aromatic rings. The lowest BCUT2D eigenvalue weighted by Crippen LogP contribution is -2.23. The average molecular weight is 326 g/mol. The molecule has 0 aliphatic rings. The molecule has 0 radical (unpaired) electrons. The first-order valence-corrected chi connectivity index (χ1v) is 7.30. The van der Waals surface area contributed by atoms with E-state index in [1.54, 1.807) is 38.1 Å². The van der Waals surface area contributed by atoms with Gasteiger partial charge >= 0.3 is 5.69 Å². The number of carbonyl (C=O) groups is 1. The molecule has 0 aliphatic carbocycles. The molecule has 0 saturated carbocycles. The molecular formula is C14H12ClNO4S. The summed E-state index contributed by atoms with van der Waals surface area (Å²) >= 11 is 6.95. The smallest absolute Gasteiger partial charge is 0.311 e. The molecule has 0 aliphatic heterocycles. The van der Waals surface area contributed by atoms with Crippen molar-refractivity contribution in [2.24, 2.45) is 0 Å². The second-order valence-electron chi connectivity index (χ2n) is 4.41. The average Bonchev–Trinajstić information content (AvgIpc) is 2.86. The summed E-state index contributed by atoms with van der Waals surface area (Å²) < 4.78 is 6.04. The number of Topliss-reactive ketones (excluding diaryl/α,β-unsaturated/α-hetero) is 1. The summed E-state index contributed by atoms with van der Waals surface area (Å²) in [6.07, 6.45) is -0.834. The van der Waals surface area contributed by atoms with Gasteiger partial charge < -0.3 is 4.74 Å². The van der Waals surface area contributed by atoms with Crippen LogP contribution in [0, 0.1) is 17.0 Å². The van der Waals surface area contributed by atoms with Crippen LogP contribution in [0.15, 0.2) is 30.3 Å². The Morgan fingerprint density at radius 1 is 1.38 bits per heavy atom. The first-order valence-electron chi connectivity index (χ1n) is 6.10. The van der Waals surface area contributed by atoms with Gasteiger partial charge in [0.15, 0.2) is 6.10 Å². The van der Waals surface area contributed by atoms with Gasteiger partial charge in [0.2, 0.25) is 11.5 Å². The number of benzene rings is 1. The van der Waals surface area contributed by atoms with Gasteiger partial charge in [0.05, 0.1) is 14.1 Å². The molecule has 2 rings (SSSR count). The maximum atomic E-state index is 12.2. The van der Waals surface area contributed by atoms with Crippen LogP contribution in [0.4, 0.5) is 5.69 Å². The van der Waals surface area contributed by atoms with E-state index in [0.717, 1.165) is 11.3 Å². The van der Waals surface area contributed by atoms with Crippen LogP contribution in [0.3, 0.4) is 0 Å². The second kappa shape index (κ2) is 6.24. The fourth-order valence-electron chi connectivity index (χ4n) is 1.81. The number of rotatable bonds is 5. The summed E-state index contributed by atoms with van der Waals surface area (Å²) in [5.41, 5.74) is 0.451. The van der Waals surface area contributed by atoms with Crippen LogP contribution in [-0.4, -0.2) is 16.8 Å². The number of ketones is 1. The van der Waals surface area contributed by atoms with Crippen molar-refractivity contribution in [3.8, 4) is 5.75 Å². The quantitative estimate of drug-likeness (QED) is 0.467. The fourth-order valence-corrected chi connectivity index (χ4v) is 2.87. The number of aryl methyl sites for hydroxylation is 1. The fraction of sp³-hybridized carbons (Fsp3) is 0.214. The standard InChI is InChI=1S/C14H12ClNO4S/c1-8-4-3-5-10(16(18)19)14(8)20-9(2)13(17)11-6-7-12(15)21-11/h3-7,9H,1-2H3. The van der Waals surface area contributed by atoms with Gasteiger partial charge in [0.1, 0.15) is 0 Å². The maximum absolute atomic E-state index is 12.2. The summed E-state index contributed by atoms with van der Waals surface area (Å²) in [5, 5.41) is 11.0. The summed E-state index contributed by atoms with van der Waals surface area (Å²) in [7, 11) is 0. The topological polar surface area (TPSA) is 69.4 Å². The molecule has 1 unspecified atom stereocenters. The van der Waals surface area contributed by atoms with Gasteiger partial charge in [-0.25, -0.2) is 0 Å². The zero-order valence-electron chi connectivity index (χ0n) is 11.3. The van der Waals surface area contributed by atoms with Crippen molar-refractivity contribution in [3.05, 3.63) is 55.2 Å². The number of thiophene rings is 1. The van der Waals surface area contributed by atoms with Crippen molar-refractivity contribution in [1.29, 1.82) is 0 Å². The molecule has 0 saturated heterocycles. The highest BCUT2D eigenvalue weighted by atomic mass is 35.5. The predicted octanol–water partition coefficient (Wildman–Crippen LogP) is 4.27. The van der Waals surface area contributed by atoms with E-state index >= 15 is 0 Å². The van der Waals surface area contributed by atoms with Crippen LogP contribution < -0.4 is 4.74 Å². The maximum Gasteiger partial charge on any atom is 0.311 e. The van der Waals surface area contributed by atoms with E-state index < -0.39 is 11.0 Å². The molecule has 110 valence electrons. The van der Waals surface area contributed by atoms with Crippen LogP contribution in [-0.2, 0) is 0 Å². The molecule has 1 atom stereocenters. The number of nitro groups is 1. The SMILES string of the molecule is Cc1cccc([N+](=O)[O-])c1OC(C)C(=O)c1ccc(Cl)s1. The first-order chi connectivity index (χ1) is 9.90. The Balaban J connectivity index is 2.26. The van der Waals surface area contributed by atoms with Gasteiger partial charge in [-0.2, -0.15) is 0 Å². The number of para-hydroxylation sites is 1. The second-order valence-corrected chi connectivity index (χ2v) is 6.12. The number of hydrogen-bond acceptors (Lipinski definition) is 5. The Morgan fingerprint density at radius 2 is 2.10 bits per heavy atom. The molecule has 0 amide bonds. The number of nitro benzene ring substituents is 1. The van der Waals surface area contributed by atoms with E-state index in [4.69, 9.17) is 16.3 Å². The van der Waals surface area contributed by atoms with Crippen molar-refractivity contribution in [2.75, 3.05) is 0 Å². The van der Waals surface area contributed by atoms with Gasteiger partial charge in [0, 0.05) is 6.07 Å². The van der Waals surface area contributed by atoms with Gasteiger partial charge in [-0.05, 0) is 31.5 Å². The Kier molecular flexibility index (Phi) is 4.59. The van der Waals surface area contributed by atoms with Gasteiger partial charge in [-0.3, -0.25) is 14.9 Å². The van der Waals surface area contributed by atoms with E-state index in [-0.39, 0.29) is 17.2 Å². The largest absolute Gasteiger partial charge is 0.475 e. The van der Waals surface area contributed by atoms with Crippen LogP contribution in [0.2, 0.25) is 4.34 Å². The van der Waals surface area contributed by atoms with Gasteiger partial charge in [0.25, 0.3) is 0 Å². The molecule has 7 heteroatoms. The van der Waals surface area contributed by atoms with Crippen molar-refractivity contribution < 1.29 is 14.5 Å². The van der Waals surface area contributed by atoms with E-state index in [1.807, 2.05) is 0 Å². The first kappa shape index (κ1) is 15.5. The Hall–Kier alpha value is -1.92. The third kappa shape index (κ3) is 3.40. The van der Waals surface area contributed by atoms with Gasteiger partial charge in [-0.1, -0.05) is 23.7 Å². The Labute approximate surface area is 130 Å². The van der Waals surface area contributed by atoms with Crippen LogP contribution in [0.25, 0.3) is 0 Å². The van der Waals surface area contributed by atoms with E-state index in [1.165, 1.54) is 6.07 Å². The Morgan fingerprint density at radius 3 is 2.67 bits per heavy atom. The summed E-state index contributed by atoms with van der Waals surface area (Å²) in [6, 6.07) is 7.86. The highest BCUT2D eigenvalue weighted by Gasteiger charge is 2.24. The van der Waals surface area contributed by atoms with Gasteiger partial charge in [-0.15, -0.1) is 11.3 Å². The van der Waals surface area contributed by atoms with Crippen molar-refractivity contribution >= 4 is 34.4 Å². The zero-order valence-corrected chi connectivity index (χ0v) is 12.9. The highest BCUT2D eigenvalue weighted by Crippen LogP contribution is 2.32. The number of nitrogens with zero attached hydrogens (tertiary/aromatic N) is 1. The molecule has 1 aromatic carbocycles. The molecule has 1 heterocycles. The molecule has 0 bridgehead atoms. The van der Waals surface area contributed by atoms with Crippen LogP contribution in [0.5, 0.6) is 5.75 Å². The van der Waals surface area contributed by atoms with Crippen LogP contribution >= 0.6 is 22.9 Å². The minimum Gasteiger partial charge on any atom is -0.475 e. The molecule has 0 spiro atoms. The third-order valence-corrected chi connectivity index (χ3v) is 4.11. The monoisotopic (exact) mass is 325 g/mol. The van der Waals surface area contributed by atoms with E-state index in [2.05, 4.69) is 0 Å². The molecule has 0 N–H and O–H groups in total. The lowest BCUT2D eigenvalue weighted by molar-refractivity contribution is -0.386. The van der Waals surface area contributed by atoms with Crippen molar-refractivity contribution in [2.45, 2.75) is 20.0 Å². The summed E-state index contributed by atoms with van der Waals surface area (Å²) in [5.74, 6) is -0.143. The minimum absolute atomic E-state index is 0.117. The normalized spacial score (nSPS) is 12.0. The van der Waals surface area contributed by atoms with Crippen molar-refractivity contribution in [3.63, 3.8) is 0 Å². The lowest BCUT2D eigenvalue weighted by Gasteiger charge is -2.14. The van der Waals surface area contributed by atoms with E-state index in [0.29, 0.717) is 14.8 Å². The number of hydrogen-bond donors (Lipinski definition) is 0. The summed E-state index contributed by atoms with van der Waals surface area (Å²) in [6.45, 7) is 3.26. The number of carbonyl (C=O) groups excluding carboxylic acids is 1. The molecule has 0 fully saturated rings. The molecule has 5 nitrogen and oxygen atoms in total. The number of halogens is 1. The molecule has 21 heavy (non-hydrogen) atoms. The molecular weight excluding hydrogens is 314 g/mol. The predicted molar refractivity (Wildman–Crippen MR) is 81.6 cm³/mol.